The summed E-state index contributed by atoms with van der Waals surface area (Å²) < 4.78 is 0. The van der Waals surface area contributed by atoms with Crippen LogP contribution in [0.25, 0.3) is 5.57 Å². The minimum absolute atomic E-state index is 0.655. The predicted molar refractivity (Wildman–Crippen MR) is 97.6 cm³/mol. The molecule has 124 valence electrons. The first-order valence-corrected chi connectivity index (χ1v) is 8.25. The number of benzene rings is 1. The van der Waals surface area contributed by atoms with Crippen molar-refractivity contribution in [3.63, 3.8) is 0 Å². The van der Waals surface area contributed by atoms with Crippen LogP contribution in [0.5, 0.6) is 0 Å². The summed E-state index contributed by atoms with van der Waals surface area (Å²) >= 11 is 0. The predicted octanol–water partition coefficient (Wildman–Crippen LogP) is 2.65. The third kappa shape index (κ3) is 3.98. The maximum absolute atomic E-state index is 4.42. The van der Waals surface area contributed by atoms with Gasteiger partial charge in [-0.15, -0.1) is 0 Å². The Kier molecular flexibility index (Phi) is 5.21. The highest BCUT2D eigenvalue weighted by Crippen LogP contribution is 2.21. The number of rotatable bonds is 3. The summed E-state index contributed by atoms with van der Waals surface area (Å²) in [6.07, 6.45) is 5.11. The summed E-state index contributed by atoms with van der Waals surface area (Å²) in [6, 6.07) is 12.5. The van der Waals surface area contributed by atoms with E-state index in [1.165, 1.54) is 11.1 Å². The van der Waals surface area contributed by atoms with Crippen LogP contribution in [0.2, 0.25) is 0 Å². The van der Waals surface area contributed by atoms with E-state index in [0.29, 0.717) is 6.54 Å². The molecule has 1 aliphatic heterocycles. The highest BCUT2D eigenvalue weighted by atomic mass is 15.3. The van der Waals surface area contributed by atoms with Crippen molar-refractivity contribution >= 4 is 11.5 Å². The molecule has 0 saturated heterocycles. The third-order valence-corrected chi connectivity index (χ3v) is 4.13. The van der Waals surface area contributed by atoms with Crippen molar-refractivity contribution in [2.45, 2.75) is 19.9 Å². The lowest BCUT2D eigenvalue weighted by Gasteiger charge is -2.29. The third-order valence-electron chi connectivity index (χ3n) is 4.13. The van der Waals surface area contributed by atoms with Crippen molar-refractivity contribution in [3.8, 4) is 0 Å². The van der Waals surface area contributed by atoms with Gasteiger partial charge >= 0.3 is 0 Å². The summed E-state index contributed by atoms with van der Waals surface area (Å²) in [5.74, 6) is 1.70. The van der Waals surface area contributed by atoms with E-state index < -0.39 is 0 Å². The minimum atomic E-state index is 0.655. The second-order valence-electron chi connectivity index (χ2n) is 5.79. The molecule has 1 aliphatic rings. The van der Waals surface area contributed by atoms with E-state index in [9.17, 15) is 0 Å². The number of aliphatic imine (C=N–C) groups is 1. The fourth-order valence-electron chi connectivity index (χ4n) is 2.88. The van der Waals surface area contributed by atoms with Crippen molar-refractivity contribution in [1.82, 2.24) is 20.2 Å². The Morgan fingerprint density at radius 1 is 1.25 bits per heavy atom. The second-order valence-corrected chi connectivity index (χ2v) is 5.79. The van der Waals surface area contributed by atoms with E-state index in [2.05, 4.69) is 61.6 Å². The Hall–Kier alpha value is -2.69. The molecule has 0 unspecified atom stereocenters. The topological polar surface area (TPSA) is 53.4 Å². The first-order chi connectivity index (χ1) is 11.8. The highest BCUT2D eigenvalue weighted by molar-refractivity contribution is 5.81. The van der Waals surface area contributed by atoms with E-state index >= 15 is 0 Å². The standard InChI is InChI=1S/C19H23N5/c1-15-21-11-8-18(23-15)14-22-19(20-2)24-12-9-17(10-13-24)16-6-4-3-5-7-16/h3-9,11H,10,12-14H2,1-2H3,(H,20,22). The fraction of sp³-hybridized carbons (Fsp3) is 0.316. The molecular formula is C19H23N5. The smallest absolute Gasteiger partial charge is 0.194 e. The number of aryl methyl sites for hydroxylation is 1. The van der Waals surface area contributed by atoms with Crippen LogP contribution in [0.1, 0.15) is 23.5 Å². The first-order valence-electron chi connectivity index (χ1n) is 8.25. The average Bonchev–Trinajstić information content (AvgIpc) is 2.64. The summed E-state index contributed by atoms with van der Waals surface area (Å²) in [5, 5.41) is 3.39. The Morgan fingerprint density at radius 3 is 2.75 bits per heavy atom. The van der Waals surface area contributed by atoms with Crippen LogP contribution >= 0.6 is 0 Å². The molecular weight excluding hydrogens is 298 g/mol. The molecule has 3 rings (SSSR count). The zero-order chi connectivity index (χ0) is 16.8. The van der Waals surface area contributed by atoms with Crippen LogP contribution in [0, 0.1) is 6.92 Å². The molecule has 0 saturated carbocycles. The molecule has 2 heterocycles. The Morgan fingerprint density at radius 2 is 2.08 bits per heavy atom. The van der Waals surface area contributed by atoms with Gasteiger partial charge in [0.15, 0.2) is 5.96 Å². The van der Waals surface area contributed by atoms with Gasteiger partial charge in [-0.2, -0.15) is 0 Å². The van der Waals surface area contributed by atoms with Crippen molar-refractivity contribution in [3.05, 3.63) is 65.8 Å². The van der Waals surface area contributed by atoms with Crippen LogP contribution in [0.4, 0.5) is 0 Å². The maximum atomic E-state index is 4.42. The normalized spacial score (nSPS) is 15.2. The fourth-order valence-corrected chi connectivity index (χ4v) is 2.88. The average molecular weight is 321 g/mol. The molecule has 0 radical (unpaired) electrons. The van der Waals surface area contributed by atoms with Gasteiger partial charge in [0.25, 0.3) is 0 Å². The van der Waals surface area contributed by atoms with E-state index in [4.69, 9.17) is 0 Å². The van der Waals surface area contributed by atoms with Crippen molar-refractivity contribution in [1.29, 1.82) is 0 Å². The van der Waals surface area contributed by atoms with Gasteiger partial charge < -0.3 is 10.2 Å². The van der Waals surface area contributed by atoms with E-state index in [1.54, 1.807) is 6.20 Å². The monoisotopic (exact) mass is 321 g/mol. The van der Waals surface area contributed by atoms with Crippen LogP contribution < -0.4 is 5.32 Å². The summed E-state index contributed by atoms with van der Waals surface area (Å²) in [6.45, 7) is 4.39. The molecule has 0 spiro atoms. The molecule has 5 heteroatoms. The van der Waals surface area contributed by atoms with E-state index in [-0.39, 0.29) is 0 Å². The lowest BCUT2D eigenvalue weighted by atomic mass is 10.00. The molecule has 24 heavy (non-hydrogen) atoms. The van der Waals surface area contributed by atoms with E-state index in [1.807, 2.05) is 20.0 Å². The van der Waals surface area contributed by atoms with Crippen molar-refractivity contribution < 1.29 is 0 Å². The number of nitrogens with zero attached hydrogens (tertiary/aromatic N) is 4. The van der Waals surface area contributed by atoms with Gasteiger partial charge in [-0.3, -0.25) is 4.99 Å². The number of guanidine groups is 1. The molecule has 1 N–H and O–H groups in total. The number of aromatic nitrogens is 2. The van der Waals surface area contributed by atoms with Crippen LogP contribution in [-0.2, 0) is 6.54 Å². The number of hydrogen-bond acceptors (Lipinski definition) is 3. The Bertz CT molecular complexity index is 736. The molecule has 0 aliphatic carbocycles. The zero-order valence-corrected chi connectivity index (χ0v) is 14.2. The lowest BCUT2D eigenvalue weighted by molar-refractivity contribution is 0.439. The molecule has 1 aromatic carbocycles. The largest absolute Gasteiger partial charge is 0.351 e. The van der Waals surface area contributed by atoms with Crippen molar-refractivity contribution in [2.75, 3.05) is 20.1 Å². The molecule has 0 bridgehead atoms. The van der Waals surface area contributed by atoms with Gasteiger partial charge in [0.1, 0.15) is 5.82 Å². The summed E-state index contributed by atoms with van der Waals surface area (Å²) in [5.41, 5.74) is 3.70. The van der Waals surface area contributed by atoms with Gasteiger partial charge in [-0.25, -0.2) is 9.97 Å². The van der Waals surface area contributed by atoms with Gasteiger partial charge in [0.2, 0.25) is 0 Å². The zero-order valence-electron chi connectivity index (χ0n) is 14.2. The second kappa shape index (κ2) is 7.73. The molecule has 0 amide bonds. The SMILES string of the molecule is CN=C(NCc1ccnc(C)n1)N1CC=C(c2ccccc2)CC1. The Balaban J connectivity index is 1.60. The van der Waals surface area contributed by atoms with Crippen LogP contribution in [0.3, 0.4) is 0 Å². The van der Waals surface area contributed by atoms with Crippen LogP contribution in [-0.4, -0.2) is 41.0 Å². The van der Waals surface area contributed by atoms with Gasteiger partial charge in [-0.1, -0.05) is 36.4 Å². The summed E-state index contributed by atoms with van der Waals surface area (Å²) in [7, 11) is 1.82. The maximum Gasteiger partial charge on any atom is 0.194 e. The quantitative estimate of drug-likeness (QED) is 0.697. The van der Waals surface area contributed by atoms with E-state index in [0.717, 1.165) is 37.0 Å². The first kappa shape index (κ1) is 16.2. The minimum Gasteiger partial charge on any atom is -0.351 e. The summed E-state index contributed by atoms with van der Waals surface area (Å²) in [4.78, 5) is 15.2. The number of hydrogen-bond donors (Lipinski definition) is 1. The highest BCUT2D eigenvalue weighted by Gasteiger charge is 2.16. The van der Waals surface area contributed by atoms with Gasteiger partial charge in [-0.05, 0) is 30.5 Å². The number of nitrogens with one attached hydrogen (secondary N) is 1. The molecule has 2 aromatic rings. The van der Waals surface area contributed by atoms with Crippen LogP contribution in [0.15, 0.2) is 53.7 Å². The molecule has 5 nitrogen and oxygen atoms in total. The van der Waals surface area contributed by atoms with Gasteiger partial charge in [0.05, 0.1) is 12.2 Å². The molecule has 0 fully saturated rings. The lowest BCUT2D eigenvalue weighted by Crippen LogP contribution is -2.43. The Labute approximate surface area is 143 Å². The van der Waals surface area contributed by atoms with Crippen molar-refractivity contribution in [2.24, 2.45) is 4.99 Å². The molecule has 1 aromatic heterocycles. The van der Waals surface area contributed by atoms with Gasteiger partial charge in [0, 0.05) is 26.3 Å². The molecule has 0 atom stereocenters.